The zero-order chi connectivity index (χ0) is 32.5. The van der Waals surface area contributed by atoms with Crippen LogP contribution in [0.25, 0.3) is 0 Å². The molecule has 0 amide bonds. The molecule has 2 aromatic carbocycles. The summed E-state index contributed by atoms with van der Waals surface area (Å²) in [6, 6.07) is 6.47. The second-order valence-electron chi connectivity index (χ2n) is 11.6. The molecule has 16 nitrogen and oxygen atoms in total. The number of hydrogen-bond acceptors (Lipinski definition) is 14. The first-order chi connectivity index (χ1) is 22.0. The number of rotatable bonds is 7. The van der Waals surface area contributed by atoms with E-state index in [1.165, 1.54) is 26.4 Å². The van der Waals surface area contributed by atoms with Crippen molar-refractivity contribution in [3.8, 4) is 28.7 Å². The zero-order valence-electron chi connectivity index (χ0n) is 25.4. The van der Waals surface area contributed by atoms with Gasteiger partial charge in [0, 0.05) is 44.5 Å². The largest absolute Gasteiger partial charge is 0.525 e. The summed E-state index contributed by atoms with van der Waals surface area (Å²) in [5.74, 6) is -2.25. The molecule has 0 saturated carbocycles. The Balaban J connectivity index is 0.00000386. The van der Waals surface area contributed by atoms with Gasteiger partial charge in [0.2, 0.25) is 12.5 Å². The van der Waals surface area contributed by atoms with Crippen LogP contribution in [-0.4, -0.2) is 97.2 Å². The summed E-state index contributed by atoms with van der Waals surface area (Å²) < 4.78 is 68.1. The molecule has 0 bridgehead atoms. The summed E-state index contributed by atoms with van der Waals surface area (Å²) in [6.45, 7) is 1.72. The van der Waals surface area contributed by atoms with Crippen molar-refractivity contribution in [2.24, 2.45) is 11.8 Å². The van der Waals surface area contributed by atoms with Crippen LogP contribution >= 0.6 is 7.82 Å². The fraction of sp³-hybridized carbons (Fsp3) is 0.552. The van der Waals surface area contributed by atoms with Crippen LogP contribution in [-0.2, 0) is 65.8 Å². The number of carbonyl (C=O) groups excluding carboxylic acids is 1. The van der Waals surface area contributed by atoms with Gasteiger partial charge in [0.05, 0.1) is 39.5 Å². The third kappa shape index (κ3) is 6.27. The molecule has 3 saturated heterocycles. The number of carbonyl (C=O) groups is 1. The van der Waals surface area contributed by atoms with Gasteiger partial charge < -0.3 is 57.4 Å². The van der Waals surface area contributed by atoms with Gasteiger partial charge in [-0.3, -0.25) is 14.6 Å². The number of hydrogen-bond donors (Lipinski definition) is 4. The molecule has 1 radical (unpaired) electrons. The molecule has 5 aliphatic rings. The summed E-state index contributed by atoms with van der Waals surface area (Å²) in [6.07, 6.45) is -7.18. The first-order valence-corrected chi connectivity index (χ1v) is 16.1. The zero-order valence-corrected chi connectivity index (χ0v) is 29.1. The second-order valence-corrected chi connectivity index (χ2v) is 12.7. The topological polar surface area (TPSA) is 207 Å². The predicted molar refractivity (Wildman–Crippen MR) is 149 cm³/mol. The van der Waals surface area contributed by atoms with Crippen LogP contribution in [0.15, 0.2) is 24.3 Å². The van der Waals surface area contributed by atoms with Crippen LogP contribution in [0.3, 0.4) is 0 Å². The Morgan fingerprint density at radius 1 is 0.894 bits per heavy atom. The number of phosphoric acid groups is 1. The molecule has 3 fully saturated rings. The molecule has 0 spiro atoms. The number of aliphatic hydroxyl groups excluding tert-OH is 2. The van der Waals surface area contributed by atoms with E-state index in [0.717, 1.165) is 0 Å². The Hall–Kier alpha value is -2.08. The molecule has 4 aliphatic heterocycles. The molecule has 7 rings (SSSR count). The number of phosphoric ester groups is 1. The number of aliphatic hydroxyl groups is 2. The number of esters is 1. The molecule has 4 N–H and O–H groups in total. The third-order valence-electron chi connectivity index (χ3n) is 8.94. The van der Waals surface area contributed by atoms with Gasteiger partial charge in [0.15, 0.2) is 35.6 Å². The van der Waals surface area contributed by atoms with Crippen LogP contribution in [0, 0.1) is 11.8 Å². The van der Waals surface area contributed by atoms with E-state index >= 15 is 0 Å². The maximum Gasteiger partial charge on any atom is 0.525 e. The molecule has 4 heterocycles. The molecule has 253 valence electrons. The number of methoxy groups -OCH3 is 2. The standard InChI is InChI=1S/C29H33O16P.Y/c1-11-38-9-20-27(42-11)23(30)24(31)29(43-20)44-25-14-7-17-16(40-10-41-17)6-13(14)21(22-15(25)8-39-28(22)32)12-4-18(36-2)26(19(5-12)37-3)45-46(33,34)35;/h4-7,11,15,20-25,27,29-31H,8-10H2,1-3H3,(H2,33,34,35);/t11-,15+,20-,21?,22+,23-,24-,25-,27-,29+;/m1./s1. The van der Waals surface area contributed by atoms with E-state index in [2.05, 4.69) is 0 Å². The molecule has 2 aromatic rings. The first-order valence-electron chi connectivity index (χ1n) is 14.5. The Morgan fingerprint density at radius 3 is 2.19 bits per heavy atom. The third-order valence-corrected chi connectivity index (χ3v) is 9.36. The number of fused-ring (bicyclic) bond motifs is 4. The quantitative estimate of drug-likeness (QED) is 0.231. The number of ether oxygens (including phenoxy) is 9. The van der Waals surface area contributed by atoms with E-state index in [0.29, 0.717) is 28.2 Å². The van der Waals surface area contributed by atoms with Crippen LogP contribution in [0.5, 0.6) is 28.7 Å². The number of benzene rings is 2. The van der Waals surface area contributed by atoms with E-state index in [9.17, 15) is 29.4 Å². The van der Waals surface area contributed by atoms with E-state index < -0.39 is 74.6 Å². The predicted octanol–water partition coefficient (Wildman–Crippen LogP) is 1.10. The maximum atomic E-state index is 13.5. The summed E-state index contributed by atoms with van der Waals surface area (Å²) in [4.78, 5) is 32.5. The summed E-state index contributed by atoms with van der Waals surface area (Å²) in [7, 11) is -2.40. The van der Waals surface area contributed by atoms with E-state index in [4.69, 9.17) is 47.2 Å². The molecule has 0 aromatic heterocycles. The summed E-state index contributed by atoms with van der Waals surface area (Å²) >= 11 is 0. The minimum absolute atomic E-state index is 0. The van der Waals surface area contributed by atoms with Crippen molar-refractivity contribution in [2.45, 2.75) is 55.9 Å². The maximum absolute atomic E-state index is 13.5. The number of cyclic esters (lactones) is 1. The fourth-order valence-electron chi connectivity index (χ4n) is 6.93. The van der Waals surface area contributed by atoms with Gasteiger partial charge in [-0.1, -0.05) is 0 Å². The Morgan fingerprint density at radius 2 is 1.55 bits per heavy atom. The van der Waals surface area contributed by atoms with E-state index in [-0.39, 0.29) is 70.0 Å². The van der Waals surface area contributed by atoms with Gasteiger partial charge >= 0.3 is 13.8 Å². The van der Waals surface area contributed by atoms with E-state index in [1.807, 2.05) is 0 Å². The van der Waals surface area contributed by atoms with Gasteiger partial charge in [-0.15, -0.1) is 0 Å². The minimum Gasteiger partial charge on any atom is -0.493 e. The van der Waals surface area contributed by atoms with Crippen molar-refractivity contribution in [3.05, 3.63) is 41.0 Å². The molecular weight excluding hydrogens is 724 g/mol. The molecule has 10 atom stereocenters. The average molecular weight is 757 g/mol. The van der Waals surface area contributed by atoms with Gasteiger partial charge in [0.1, 0.15) is 24.4 Å². The monoisotopic (exact) mass is 757 g/mol. The van der Waals surface area contributed by atoms with Crippen LogP contribution in [0.1, 0.15) is 35.6 Å². The molecule has 1 aliphatic carbocycles. The second kappa shape index (κ2) is 13.3. The first kappa shape index (κ1) is 34.8. The molecule has 47 heavy (non-hydrogen) atoms. The smallest absolute Gasteiger partial charge is 0.493 e. The van der Waals surface area contributed by atoms with Gasteiger partial charge in [-0.05, 0) is 47.9 Å². The normalized spacial score (nSPS) is 33.9. The van der Waals surface area contributed by atoms with Crippen molar-refractivity contribution in [2.75, 3.05) is 34.2 Å². The summed E-state index contributed by atoms with van der Waals surface area (Å²) in [5.41, 5.74) is 1.65. The van der Waals surface area contributed by atoms with Crippen molar-refractivity contribution < 1.29 is 109 Å². The average Bonchev–Trinajstić information content (AvgIpc) is 3.64. The van der Waals surface area contributed by atoms with Crippen molar-refractivity contribution in [1.82, 2.24) is 0 Å². The van der Waals surface area contributed by atoms with Crippen LogP contribution in [0.2, 0.25) is 0 Å². The van der Waals surface area contributed by atoms with Crippen molar-refractivity contribution in [3.63, 3.8) is 0 Å². The molecule has 18 heteroatoms. The van der Waals surface area contributed by atoms with Gasteiger partial charge in [0.25, 0.3) is 0 Å². The van der Waals surface area contributed by atoms with Crippen LogP contribution in [0.4, 0.5) is 0 Å². The Kier molecular flexibility index (Phi) is 9.86. The van der Waals surface area contributed by atoms with E-state index in [1.54, 1.807) is 19.1 Å². The Bertz CT molecular complexity index is 1540. The SMILES string of the molecule is COc1cc(C2c3cc4c(cc3[C@@H](O[C@@H]3O[C@@H]5CO[C@@H](C)O[C@H]5[C@H](O)[C@H]3O)[C@H]3COC(=O)[C@H]23)OCO4)cc(OC)c1OP(=O)(O)O.[Y]. The van der Waals surface area contributed by atoms with Crippen molar-refractivity contribution >= 4 is 13.8 Å². The molecular formula is C29H33O16PY. The van der Waals surface area contributed by atoms with Gasteiger partial charge in [-0.25, -0.2) is 4.57 Å². The van der Waals surface area contributed by atoms with Crippen molar-refractivity contribution in [1.29, 1.82) is 0 Å². The Labute approximate surface area is 293 Å². The fourth-order valence-corrected chi connectivity index (χ4v) is 7.35. The summed E-state index contributed by atoms with van der Waals surface area (Å²) in [5, 5.41) is 22.0. The minimum atomic E-state index is -5.00. The van der Waals surface area contributed by atoms with Gasteiger partial charge in [-0.2, -0.15) is 0 Å². The molecule has 1 unspecified atom stereocenters. The van der Waals surface area contributed by atoms with Crippen LogP contribution < -0.4 is 23.5 Å².